The summed E-state index contributed by atoms with van der Waals surface area (Å²) in [7, 11) is 0. The van der Waals surface area contributed by atoms with Crippen LogP contribution in [0.25, 0.3) is 0 Å². The van der Waals surface area contributed by atoms with Crippen molar-refractivity contribution in [2.45, 2.75) is 71.5 Å². The summed E-state index contributed by atoms with van der Waals surface area (Å²) in [4.78, 5) is 0. The predicted molar refractivity (Wildman–Crippen MR) is 94.2 cm³/mol. The third kappa shape index (κ3) is 2.01. The monoisotopic (exact) mass is 334 g/mol. The molecule has 24 heavy (non-hydrogen) atoms. The molecule has 136 valence electrons. The first-order valence-corrected chi connectivity index (χ1v) is 10.0. The second kappa shape index (κ2) is 5.56. The van der Waals surface area contributed by atoms with Gasteiger partial charge in [0.1, 0.15) is 0 Å². The Balaban J connectivity index is 1.78. The summed E-state index contributed by atoms with van der Waals surface area (Å²) in [5.74, 6) is 2.60. The molecule has 0 aromatic rings. The van der Waals surface area contributed by atoms with E-state index in [2.05, 4.69) is 26.8 Å². The van der Waals surface area contributed by atoms with Crippen LogP contribution < -0.4 is 0 Å². The maximum Gasteiger partial charge on any atom is 0.0726 e. The number of fused-ring (bicyclic) bond motifs is 5. The molecule has 9 atom stereocenters. The van der Waals surface area contributed by atoms with Crippen LogP contribution in [-0.2, 0) is 0 Å². The van der Waals surface area contributed by atoms with E-state index in [0.29, 0.717) is 29.6 Å². The molecule has 0 saturated heterocycles. The van der Waals surface area contributed by atoms with Crippen LogP contribution in [0, 0.1) is 40.4 Å². The lowest BCUT2D eigenvalue weighted by Gasteiger charge is -2.62. The highest BCUT2D eigenvalue weighted by atomic mass is 16.3. The van der Waals surface area contributed by atoms with Gasteiger partial charge in [0.2, 0.25) is 0 Å². The molecule has 0 heterocycles. The molecule has 0 amide bonds. The fraction of sp³-hybridized carbons (Fsp3) is 0.905. The zero-order valence-corrected chi connectivity index (χ0v) is 15.4. The third-order valence-corrected chi connectivity index (χ3v) is 8.87. The van der Waals surface area contributed by atoms with E-state index in [4.69, 9.17) is 0 Å². The van der Waals surface area contributed by atoms with Crippen molar-refractivity contribution in [1.29, 1.82) is 0 Å². The van der Waals surface area contributed by atoms with Gasteiger partial charge in [0.05, 0.1) is 18.8 Å². The first-order valence-electron chi connectivity index (χ1n) is 10.0. The zero-order chi connectivity index (χ0) is 17.3. The summed E-state index contributed by atoms with van der Waals surface area (Å²) in [6.45, 7) is 7.12. The smallest absolute Gasteiger partial charge is 0.0726 e. The van der Waals surface area contributed by atoms with Crippen LogP contribution in [0.1, 0.15) is 59.3 Å². The molecule has 4 aliphatic carbocycles. The van der Waals surface area contributed by atoms with Crippen molar-refractivity contribution in [2.75, 3.05) is 6.61 Å². The van der Waals surface area contributed by atoms with Gasteiger partial charge in [0.25, 0.3) is 0 Å². The summed E-state index contributed by atoms with van der Waals surface area (Å²) >= 11 is 0. The molecule has 3 nitrogen and oxygen atoms in total. The van der Waals surface area contributed by atoms with E-state index in [1.54, 1.807) is 0 Å². The van der Waals surface area contributed by atoms with E-state index in [1.165, 1.54) is 5.57 Å². The molecule has 0 aromatic carbocycles. The molecule has 3 fully saturated rings. The number of hydrogen-bond donors (Lipinski definition) is 3. The standard InChI is InChI=1S/C21H34O3/c1-12-8-14-10-15(23)9-13(2)21(14,11-22)17-6-7-20(3)16(19(12)17)4-5-18(20)24/h10,12-13,15-19,22-24H,4-9,11H2,1-3H3/t12?,13?,15?,16-,17+,18?,19-,20-,21-/m0/s1. The van der Waals surface area contributed by atoms with E-state index in [1.807, 2.05) is 0 Å². The maximum absolute atomic E-state index is 10.6. The molecule has 0 bridgehead atoms. The third-order valence-electron chi connectivity index (χ3n) is 8.87. The first-order chi connectivity index (χ1) is 11.3. The molecule has 3 N–H and O–H groups in total. The van der Waals surface area contributed by atoms with Crippen molar-refractivity contribution in [3.8, 4) is 0 Å². The summed E-state index contributed by atoms with van der Waals surface area (Å²) in [6, 6.07) is 0. The average Bonchev–Trinajstić information content (AvgIpc) is 2.82. The van der Waals surface area contributed by atoms with Gasteiger partial charge >= 0.3 is 0 Å². The summed E-state index contributed by atoms with van der Waals surface area (Å²) < 4.78 is 0. The lowest BCUT2D eigenvalue weighted by atomic mass is 9.43. The summed E-state index contributed by atoms with van der Waals surface area (Å²) in [5, 5.41) is 31.4. The SMILES string of the molecule is CC1CC2=CC(O)CC(C)[C@]2(CO)[C@@H]2CC[C@]3(C)C(O)CC[C@H]3[C@H]12. The maximum atomic E-state index is 10.6. The molecule has 0 aliphatic heterocycles. The van der Waals surface area contributed by atoms with Crippen molar-refractivity contribution >= 4 is 0 Å². The molecule has 4 rings (SSSR count). The van der Waals surface area contributed by atoms with Gasteiger partial charge in [-0.05, 0) is 73.5 Å². The van der Waals surface area contributed by atoms with Crippen molar-refractivity contribution in [3.63, 3.8) is 0 Å². The molecule has 4 unspecified atom stereocenters. The number of hydrogen-bond acceptors (Lipinski definition) is 3. The van der Waals surface area contributed by atoms with Crippen molar-refractivity contribution in [1.82, 2.24) is 0 Å². The average molecular weight is 334 g/mol. The molecular weight excluding hydrogens is 300 g/mol. The van der Waals surface area contributed by atoms with Crippen LogP contribution in [0.15, 0.2) is 11.6 Å². The number of rotatable bonds is 1. The van der Waals surface area contributed by atoms with Crippen LogP contribution in [0.5, 0.6) is 0 Å². The van der Waals surface area contributed by atoms with Gasteiger partial charge in [-0.3, -0.25) is 0 Å². The van der Waals surface area contributed by atoms with E-state index >= 15 is 0 Å². The summed E-state index contributed by atoms with van der Waals surface area (Å²) in [6.07, 6.45) is 7.62. The minimum atomic E-state index is -0.347. The van der Waals surface area contributed by atoms with Gasteiger partial charge in [0.15, 0.2) is 0 Å². The molecule has 0 radical (unpaired) electrons. The lowest BCUT2D eigenvalue weighted by Crippen LogP contribution is -2.58. The van der Waals surface area contributed by atoms with Crippen LogP contribution >= 0.6 is 0 Å². The molecule has 0 spiro atoms. The fourth-order valence-corrected chi connectivity index (χ4v) is 7.63. The Morgan fingerprint density at radius 1 is 1.12 bits per heavy atom. The minimum Gasteiger partial charge on any atom is -0.395 e. The van der Waals surface area contributed by atoms with Crippen LogP contribution in [0.4, 0.5) is 0 Å². The van der Waals surface area contributed by atoms with Gasteiger partial charge in [-0.25, -0.2) is 0 Å². The molecule has 0 aromatic heterocycles. The Hall–Kier alpha value is -0.380. The molecule has 3 heteroatoms. The largest absolute Gasteiger partial charge is 0.395 e. The number of aliphatic hydroxyl groups is 3. The Bertz CT molecular complexity index is 543. The van der Waals surface area contributed by atoms with Crippen molar-refractivity contribution < 1.29 is 15.3 Å². The van der Waals surface area contributed by atoms with Crippen molar-refractivity contribution in [3.05, 3.63) is 11.6 Å². The van der Waals surface area contributed by atoms with Crippen molar-refractivity contribution in [2.24, 2.45) is 40.4 Å². The topological polar surface area (TPSA) is 60.7 Å². The first kappa shape index (κ1) is 17.1. The Morgan fingerprint density at radius 2 is 1.88 bits per heavy atom. The quantitative estimate of drug-likeness (QED) is 0.646. The summed E-state index contributed by atoms with van der Waals surface area (Å²) in [5.41, 5.74) is 1.27. The van der Waals surface area contributed by atoms with Gasteiger partial charge in [0, 0.05) is 5.41 Å². The molecule has 3 saturated carbocycles. The highest BCUT2D eigenvalue weighted by Gasteiger charge is 2.62. The Morgan fingerprint density at radius 3 is 2.58 bits per heavy atom. The van der Waals surface area contributed by atoms with E-state index in [-0.39, 0.29) is 29.6 Å². The highest BCUT2D eigenvalue weighted by Crippen LogP contribution is 2.67. The van der Waals surface area contributed by atoms with E-state index in [9.17, 15) is 15.3 Å². The number of aliphatic hydroxyl groups excluding tert-OH is 3. The van der Waals surface area contributed by atoms with Gasteiger partial charge in [-0.2, -0.15) is 0 Å². The van der Waals surface area contributed by atoms with Crippen LogP contribution in [-0.4, -0.2) is 34.1 Å². The fourth-order valence-electron chi connectivity index (χ4n) is 7.63. The minimum absolute atomic E-state index is 0.0741. The Labute approximate surface area is 146 Å². The Kier molecular flexibility index (Phi) is 3.95. The highest BCUT2D eigenvalue weighted by molar-refractivity contribution is 5.29. The van der Waals surface area contributed by atoms with Gasteiger partial charge in [-0.15, -0.1) is 0 Å². The van der Waals surface area contributed by atoms with Crippen LogP contribution in [0.3, 0.4) is 0 Å². The normalized spacial score (nSPS) is 56.9. The molecular formula is C21H34O3. The zero-order valence-electron chi connectivity index (χ0n) is 15.4. The second-order valence-corrected chi connectivity index (χ2v) is 9.70. The van der Waals surface area contributed by atoms with E-state index < -0.39 is 0 Å². The second-order valence-electron chi connectivity index (χ2n) is 9.70. The van der Waals surface area contributed by atoms with E-state index in [0.717, 1.165) is 38.5 Å². The molecule has 4 aliphatic rings. The lowest BCUT2D eigenvalue weighted by molar-refractivity contribution is -0.126. The predicted octanol–water partition coefficient (Wildman–Crippen LogP) is 3.14. The van der Waals surface area contributed by atoms with Crippen LogP contribution in [0.2, 0.25) is 0 Å². The van der Waals surface area contributed by atoms with Gasteiger partial charge in [-0.1, -0.05) is 32.4 Å². The van der Waals surface area contributed by atoms with Gasteiger partial charge < -0.3 is 15.3 Å².